The van der Waals surface area contributed by atoms with Gasteiger partial charge in [-0.25, -0.2) is 9.78 Å². The van der Waals surface area contributed by atoms with Crippen molar-refractivity contribution in [3.63, 3.8) is 0 Å². The van der Waals surface area contributed by atoms with Gasteiger partial charge < -0.3 is 10.4 Å². The maximum absolute atomic E-state index is 10.9. The number of anilines is 1. The summed E-state index contributed by atoms with van der Waals surface area (Å²) in [5.41, 5.74) is 1.22. The van der Waals surface area contributed by atoms with Crippen molar-refractivity contribution in [3.8, 4) is 0 Å². The van der Waals surface area contributed by atoms with Crippen molar-refractivity contribution >= 4 is 38.4 Å². The summed E-state index contributed by atoms with van der Waals surface area (Å²) in [6.45, 7) is 2.36. The molecule has 0 amide bonds. The minimum absolute atomic E-state index is 0.120. The topological polar surface area (TPSA) is 62.2 Å². The van der Waals surface area contributed by atoms with E-state index >= 15 is 0 Å². The van der Waals surface area contributed by atoms with Crippen LogP contribution in [0.2, 0.25) is 0 Å². The van der Waals surface area contributed by atoms with Gasteiger partial charge in [0.25, 0.3) is 0 Å². The first kappa shape index (κ1) is 13.0. The zero-order valence-corrected chi connectivity index (χ0v) is 12.0. The maximum Gasteiger partial charge on any atom is 0.355 e. The summed E-state index contributed by atoms with van der Waals surface area (Å²) < 4.78 is 1.02. The van der Waals surface area contributed by atoms with Crippen molar-refractivity contribution in [2.24, 2.45) is 0 Å². The third-order valence-corrected chi connectivity index (χ3v) is 4.09. The summed E-state index contributed by atoms with van der Waals surface area (Å²) in [5.74, 6) is -0.988. The van der Waals surface area contributed by atoms with Gasteiger partial charge in [0.05, 0.1) is 0 Å². The fourth-order valence-electron chi connectivity index (χ4n) is 1.48. The summed E-state index contributed by atoms with van der Waals surface area (Å²) >= 11 is 4.81. The standard InChI is InChI=1S/C12H11BrN2O2S/c1-7-10(11(16)17)15-12(18-7)14-6-8-4-2-3-5-9(8)13/h2-5H,6H2,1H3,(H,14,15)(H,16,17). The lowest BCUT2D eigenvalue weighted by molar-refractivity contribution is 0.0690. The number of aryl methyl sites for hydroxylation is 1. The number of thiazole rings is 1. The van der Waals surface area contributed by atoms with Crippen LogP contribution in [0.1, 0.15) is 20.9 Å². The average molecular weight is 327 g/mol. The highest BCUT2D eigenvalue weighted by Gasteiger charge is 2.13. The first-order valence-electron chi connectivity index (χ1n) is 5.26. The number of halogens is 1. The molecule has 6 heteroatoms. The Balaban J connectivity index is 2.09. The number of nitrogens with one attached hydrogen (secondary N) is 1. The van der Waals surface area contributed by atoms with Crippen molar-refractivity contribution in [2.45, 2.75) is 13.5 Å². The molecule has 0 unspecified atom stereocenters. The second-order valence-corrected chi connectivity index (χ2v) is 5.73. The predicted octanol–water partition coefficient (Wildman–Crippen LogP) is 3.52. The van der Waals surface area contributed by atoms with Gasteiger partial charge in [-0.3, -0.25) is 0 Å². The third-order valence-electron chi connectivity index (χ3n) is 2.39. The van der Waals surface area contributed by atoms with Gasteiger partial charge in [-0.2, -0.15) is 0 Å². The van der Waals surface area contributed by atoms with E-state index < -0.39 is 5.97 Å². The molecule has 0 spiro atoms. The van der Waals surface area contributed by atoms with Gasteiger partial charge in [-0.05, 0) is 18.6 Å². The van der Waals surface area contributed by atoms with Crippen LogP contribution in [-0.2, 0) is 6.54 Å². The van der Waals surface area contributed by atoms with E-state index in [1.165, 1.54) is 11.3 Å². The second-order valence-electron chi connectivity index (χ2n) is 3.67. The number of aromatic nitrogens is 1. The van der Waals surface area contributed by atoms with E-state index in [2.05, 4.69) is 26.2 Å². The number of hydrogen-bond donors (Lipinski definition) is 2. The summed E-state index contributed by atoms with van der Waals surface area (Å²) in [7, 11) is 0. The number of hydrogen-bond acceptors (Lipinski definition) is 4. The van der Waals surface area contributed by atoms with Crippen LogP contribution in [0.4, 0.5) is 5.13 Å². The lowest BCUT2D eigenvalue weighted by Crippen LogP contribution is -2.02. The molecule has 1 aromatic heterocycles. The van der Waals surface area contributed by atoms with Crippen molar-refractivity contribution in [2.75, 3.05) is 5.32 Å². The Kier molecular flexibility index (Phi) is 3.98. The summed E-state index contributed by atoms with van der Waals surface area (Å²) in [5, 5.41) is 12.7. The predicted molar refractivity (Wildman–Crippen MR) is 75.3 cm³/mol. The largest absolute Gasteiger partial charge is 0.476 e. The second kappa shape index (κ2) is 5.49. The zero-order valence-electron chi connectivity index (χ0n) is 9.61. The van der Waals surface area contributed by atoms with Crippen molar-refractivity contribution < 1.29 is 9.90 Å². The average Bonchev–Trinajstić information content (AvgIpc) is 2.70. The summed E-state index contributed by atoms with van der Waals surface area (Å²) in [6, 6.07) is 7.86. The lowest BCUT2D eigenvalue weighted by Gasteiger charge is -2.04. The van der Waals surface area contributed by atoms with E-state index in [9.17, 15) is 4.79 Å². The number of benzene rings is 1. The van der Waals surface area contributed by atoms with E-state index in [1.54, 1.807) is 6.92 Å². The van der Waals surface area contributed by atoms with Crippen LogP contribution in [-0.4, -0.2) is 16.1 Å². The highest BCUT2D eigenvalue weighted by atomic mass is 79.9. The highest BCUT2D eigenvalue weighted by molar-refractivity contribution is 9.10. The molecule has 0 fully saturated rings. The Morgan fingerprint density at radius 1 is 1.50 bits per heavy atom. The molecule has 94 valence electrons. The molecule has 0 saturated carbocycles. The van der Waals surface area contributed by atoms with Crippen molar-refractivity contribution in [1.29, 1.82) is 0 Å². The van der Waals surface area contributed by atoms with Crippen LogP contribution < -0.4 is 5.32 Å². The van der Waals surface area contributed by atoms with E-state index in [-0.39, 0.29) is 5.69 Å². The maximum atomic E-state index is 10.9. The molecule has 18 heavy (non-hydrogen) atoms. The summed E-state index contributed by atoms with van der Waals surface area (Å²) in [6.07, 6.45) is 0. The van der Waals surface area contributed by atoms with E-state index in [4.69, 9.17) is 5.11 Å². The van der Waals surface area contributed by atoms with Crippen LogP contribution in [0.5, 0.6) is 0 Å². The molecule has 4 nitrogen and oxygen atoms in total. The first-order chi connectivity index (χ1) is 8.58. The number of aromatic carboxylic acids is 1. The molecule has 0 bridgehead atoms. The number of nitrogens with zero attached hydrogens (tertiary/aromatic N) is 1. The molecule has 0 aliphatic carbocycles. The van der Waals surface area contributed by atoms with Gasteiger partial charge in [0.15, 0.2) is 10.8 Å². The molecular formula is C12H11BrN2O2S. The normalized spacial score (nSPS) is 10.3. The minimum Gasteiger partial charge on any atom is -0.476 e. The van der Waals surface area contributed by atoms with E-state index in [0.717, 1.165) is 10.0 Å². The minimum atomic E-state index is -0.988. The van der Waals surface area contributed by atoms with Crippen molar-refractivity contribution in [1.82, 2.24) is 4.98 Å². The zero-order chi connectivity index (χ0) is 13.1. The molecule has 1 aromatic carbocycles. The molecule has 0 atom stereocenters. The Bertz CT molecular complexity index is 583. The quantitative estimate of drug-likeness (QED) is 0.902. The Hall–Kier alpha value is -1.40. The van der Waals surface area contributed by atoms with Crippen LogP contribution in [0.25, 0.3) is 0 Å². The molecule has 0 radical (unpaired) electrons. The number of rotatable bonds is 4. The monoisotopic (exact) mass is 326 g/mol. The fraction of sp³-hybridized carbons (Fsp3) is 0.167. The highest BCUT2D eigenvalue weighted by Crippen LogP contribution is 2.23. The molecule has 0 saturated heterocycles. The van der Waals surface area contributed by atoms with Crippen LogP contribution >= 0.6 is 27.3 Å². The smallest absolute Gasteiger partial charge is 0.355 e. The first-order valence-corrected chi connectivity index (χ1v) is 6.87. The van der Waals surface area contributed by atoms with E-state index in [0.29, 0.717) is 16.6 Å². The fourth-order valence-corrected chi connectivity index (χ4v) is 2.71. The molecule has 2 N–H and O–H groups in total. The molecule has 0 aliphatic heterocycles. The Morgan fingerprint density at radius 2 is 2.22 bits per heavy atom. The number of carbonyl (C=O) groups is 1. The van der Waals surface area contributed by atoms with Crippen LogP contribution in [0.3, 0.4) is 0 Å². The molecule has 2 rings (SSSR count). The molecule has 0 aliphatic rings. The van der Waals surface area contributed by atoms with Gasteiger partial charge in [-0.1, -0.05) is 34.1 Å². The third kappa shape index (κ3) is 2.88. The number of carboxylic acid groups (broad SMARTS) is 1. The SMILES string of the molecule is Cc1sc(NCc2ccccc2Br)nc1C(=O)O. The molecular weight excluding hydrogens is 316 g/mol. The molecule has 1 heterocycles. The van der Waals surface area contributed by atoms with Gasteiger partial charge >= 0.3 is 5.97 Å². The van der Waals surface area contributed by atoms with Gasteiger partial charge in [0.2, 0.25) is 0 Å². The van der Waals surface area contributed by atoms with Gasteiger partial charge in [0.1, 0.15) is 0 Å². The van der Waals surface area contributed by atoms with Crippen molar-refractivity contribution in [3.05, 3.63) is 44.9 Å². The molecule has 2 aromatic rings. The van der Waals surface area contributed by atoms with Gasteiger partial charge in [0, 0.05) is 15.9 Å². The van der Waals surface area contributed by atoms with Crippen LogP contribution in [0, 0.1) is 6.92 Å². The Labute approximate surface area is 117 Å². The van der Waals surface area contributed by atoms with Gasteiger partial charge in [-0.15, -0.1) is 11.3 Å². The van der Waals surface area contributed by atoms with Crippen LogP contribution in [0.15, 0.2) is 28.7 Å². The Morgan fingerprint density at radius 3 is 2.83 bits per heavy atom. The lowest BCUT2D eigenvalue weighted by atomic mass is 10.2. The number of carboxylic acids is 1. The van der Waals surface area contributed by atoms with E-state index in [1.807, 2.05) is 24.3 Å². The summed E-state index contributed by atoms with van der Waals surface area (Å²) in [4.78, 5) is 15.6.